The summed E-state index contributed by atoms with van der Waals surface area (Å²) in [6, 6.07) is 8.65. The van der Waals surface area contributed by atoms with E-state index in [9.17, 15) is 9.18 Å². The Kier molecular flexibility index (Phi) is 5.02. The summed E-state index contributed by atoms with van der Waals surface area (Å²) in [5.41, 5.74) is 5.96. The highest BCUT2D eigenvalue weighted by molar-refractivity contribution is 6.05. The van der Waals surface area contributed by atoms with Crippen LogP contribution in [0.5, 0.6) is 5.75 Å². The van der Waals surface area contributed by atoms with E-state index in [0.717, 1.165) is 58.8 Å². The molecule has 188 valence electrons. The van der Waals surface area contributed by atoms with Crippen molar-refractivity contribution in [2.45, 2.75) is 51.2 Å². The van der Waals surface area contributed by atoms with Gasteiger partial charge in [-0.2, -0.15) is 5.10 Å². The highest BCUT2D eigenvalue weighted by Crippen LogP contribution is 2.46. The second-order valence-electron chi connectivity index (χ2n) is 9.95. The molecule has 1 aliphatic carbocycles. The average molecular weight is 500 g/mol. The number of carbonyl (C=O) groups is 1. The molecule has 10 heteroatoms. The number of rotatable bonds is 4. The Hall–Kier alpha value is -4.21. The molecule has 3 aliphatic heterocycles. The Balaban J connectivity index is 1.23. The zero-order valence-electron chi connectivity index (χ0n) is 20.4. The van der Waals surface area contributed by atoms with Gasteiger partial charge in [0.1, 0.15) is 36.4 Å². The quantitative estimate of drug-likeness (QED) is 0.539. The lowest BCUT2D eigenvalue weighted by atomic mass is 9.96. The van der Waals surface area contributed by atoms with Crippen LogP contribution in [0, 0.1) is 12.7 Å². The van der Waals surface area contributed by atoms with E-state index in [2.05, 4.69) is 26.8 Å². The number of ether oxygens (including phenoxy) is 1. The number of pyridine rings is 2. The van der Waals surface area contributed by atoms with Crippen LogP contribution in [0.3, 0.4) is 0 Å². The van der Waals surface area contributed by atoms with E-state index >= 15 is 0 Å². The van der Waals surface area contributed by atoms with Gasteiger partial charge in [-0.05, 0) is 55.9 Å². The summed E-state index contributed by atoms with van der Waals surface area (Å²) in [7, 11) is 0. The summed E-state index contributed by atoms with van der Waals surface area (Å²) < 4.78 is 20.6. The van der Waals surface area contributed by atoms with Gasteiger partial charge in [0.2, 0.25) is 0 Å². The van der Waals surface area contributed by atoms with Crippen LogP contribution in [0.1, 0.15) is 59.4 Å². The molecule has 0 bridgehead atoms. The van der Waals surface area contributed by atoms with Crippen LogP contribution >= 0.6 is 0 Å². The van der Waals surface area contributed by atoms with Crippen LogP contribution in [0.15, 0.2) is 41.6 Å². The van der Waals surface area contributed by atoms with Crippen molar-refractivity contribution in [1.29, 1.82) is 0 Å². The third kappa shape index (κ3) is 3.83. The van der Waals surface area contributed by atoms with Gasteiger partial charge in [0.25, 0.3) is 0 Å². The van der Waals surface area contributed by atoms with Crippen LogP contribution in [0.4, 0.5) is 26.4 Å². The van der Waals surface area contributed by atoms with Crippen molar-refractivity contribution < 1.29 is 13.9 Å². The van der Waals surface area contributed by atoms with Gasteiger partial charge in [-0.15, -0.1) is 0 Å². The number of halogens is 1. The van der Waals surface area contributed by atoms with Crippen molar-refractivity contribution in [1.82, 2.24) is 15.3 Å². The lowest BCUT2D eigenvalue weighted by Crippen LogP contribution is -2.40. The van der Waals surface area contributed by atoms with Gasteiger partial charge in [0.05, 0.1) is 23.6 Å². The maximum Gasteiger partial charge on any atom is 0.326 e. The molecule has 2 aromatic heterocycles. The molecule has 7 rings (SSSR count). The Morgan fingerprint density at radius 3 is 2.84 bits per heavy atom. The van der Waals surface area contributed by atoms with E-state index < -0.39 is 6.10 Å². The summed E-state index contributed by atoms with van der Waals surface area (Å²) in [5.74, 6) is 1.41. The molecule has 5 heterocycles. The van der Waals surface area contributed by atoms with Crippen LogP contribution < -0.4 is 25.3 Å². The van der Waals surface area contributed by atoms with Crippen molar-refractivity contribution in [3.8, 4) is 5.75 Å². The fraction of sp³-hybridized carbons (Fsp3) is 0.333. The predicted molar refractivity (Wildman–Crippen MR) is 137 cm³/mol. The lowest BCUT2D eigenvalue weighted by molar-refractivity contribution is 0.167. The first-order valence-electron chi connectivity index (χ1n) is 12.6. The minimum Gasteiger partial charge on any atom is -0.484 e. The molecule has 1 atom stereocenters. The molecule has 0 spiro atoms. The van der Waals surface area contributed by atoms with Gasteiger partial charge in [-0.1, -0.05) is 6.07 Å². The second kappa shape index (κ2) is 8.43. The standard InChI is InChI=1S/C27H26FN7O2/c1-15-9-17-6-7-22(26-19(28)3-2-8-30-26)37-23(17)11-21(15)34-12-18-20(32-27(34)36)10-24(35-14-29-13-31-35)33-25(18)16-4-5-16/h2-3,8-11,13,16,22H,4-7,12,14H2,1H3,(H,29,31)(H,32,36). The number of hydrazone groups is 1. The molecular weight excluding hydrogens is 473 g/mol. The molecule has 9 nitrogen and oxygen atoms in total. The Morgan fingerprint density at radius 1 is 1.16 bits per heavy atom. The second-order valence-corrected chi connectivity index (χ2v) is 9.95. The van der Waals surface area contributed by atoms with E-state index in [-0.39, 0.29) is 11.8 Å². The average Bonchev–Trinajstić information content (AvgIpc) is 3.60. The molecular formula is C27H26FN7O2. The minimum absolute atomic E-state index is 0.208. The number of urea groups is 1. The smallest absolute Gasteiger partial charge is 0.326 e. The molecule has 37 heavy (non-hydrogen) atoms. The number of nitrogens with one attached hydrogen (secondary N) is 2. The van der Waals surface area contributed by atoms with Gasteiger partial charge >= 0.3 is 6.03 Å². The van der Waals surface area contributed by atoms with Crippen molar-refractivity contribution in [2.24, 2.45) is 5.10 Å². The number of anilines is 3. The molecule has 0 radical (unpaired) electrons. The van der Waals surface area contributed by atoms with Gasteiger partial charge < -0.3 is 15.4 Å². The number of hydrogen-bond donors (Lipinski definition) is 2. The van der Waals surface area contributed by atoms with Gasteiger partial charge in [0, 0.05) is 29.8 Å². The van der Waals surface area contributed by atoms with E-state index in [1.54, 1.807) is 28.5 Å². The predicted octanol–water partition coefficient (Wildman–Crippen LogP) is 4.73. The van der Waals surface area contributed by atoms with Crippen molar-refractivity contribution in [2.75, 3.05) is 21.9 Å². The third-order valence-corrected chi connectivity index (χ3v) is 7.41. The van der Waals surface area contributed by atoms with Crippen LogP contribution in [-0.4, -0.2) is 29.0 Å². The number of aromatic nitrogens is 2. The normalized spacial score (nSPS) is 20.2. The monoisotopic (exact) mass is 499 g/mol. The SMILES string of the molecule is Cc1cc2c(cc1N1Cc3c(cc(N4CNC=N4)nc3C3CC3)NC1=O)OC(c1ncccc1F)CC2. The zero-order valence-corrected chi connectivity index (χ0v) is 20.4. The topological polar surface area (TPSA) is 95.0 Å². The zero-order chi connectivity index (χ0) is 25.1. The summed E-state index contributed by atoms with van der Waals surface area (Å²) in [6.45, 7) is 2.97. The van der Waals surface area contributed by atoms with Crippen LogP contribution in [0.2, 0.25) is 0 Å². The summed E-state index contributed by atoms with van der Waals surface area (Å²) in [4.78, 5) is 24.3. The molecule has 2 N–H and O–H groups in total. The van der Waals surface area contributed by atoms with E-state index in [0.29, 0.717) is 37.0 Å². The summed E-state index contributed by atoms with van der Waals surface area (Å²) >= 11 is 0. The van der Waals surface area contributed by atoms with E-state index in [4.69, 9.17) is 9.72 Å². The van der Waals surface area contributed by atoms with Gasteiger partial charge in [0.15, 0.2) is 5.82 Å². The van der Waals surface area contributed by atoms with E-state index in [1.807, 2.05) is 19.1 Å². The molecule has 1 unspecified atom stereocenters. The van der Waals surface area contributed by atoms with Crippen LogP contribution in [0.25, 0.3) is 0 Å². The molecule has 0 saturated heterocycles. The first kappa shape index (κ1) is 22.0. The first-order valence-corrected chi connectivity index (χ1v) is 12.6. The van der Waals surface area contributed by atoms with Crippen molar-refractivity contribution in [3.63, 3.8) is 0 Å². The fourth-order valence-corrected chi connectivity index (χ4v) is 5.37. The molecule has 1 saturated carbocycles. The van der Waals surface area contributed by atoms with Gasteiger partial charge in [-0.25, -0.2) is 19.2 Å². The fourth-order valence-electron chi connectivity index (χ4n) is 5.37. The Morgan fingerprint density at radius 2 is 2.05 bits per heavy atom. The maximum atomic E-state index is 14.4. The number of hydrogen-bond acceptors (Lipinski definition) is 7. The largest absolute Gasteiger partial charge is 0.484 e. The number of nitrogens with zero attached hydrogens (tertiary/aromatic N) is 5. The highest BCUT2D eigenvalue weighted by atomic mass is 19.1. The van der Waals surface area contributed by atoms with Crippen molar-refractivity contribution in [3.05, 3.63) is 70.4 Å². The number of aryl methyl sites for hydroxylation is 2. The highest BCUT2D eigenvalue weighted by Gasteiger charge is 2.36. The maximum absolute atomic E-state index is 14.4. The van der Waals surface area contributed by atoms with E-state index in [1.165, 1.54) is 6.07 Å². The van der Waals surface area contributed by atoms with Crippen LogP contribution in [-0.2, 0) is 13.0 Å². The summed E-state index contributed by atoms with van der Waals surface area (Å²) in [5, 5.41) is 12.3. The number of carbonyl (C=O) groups excluding carboxylic acids is 1. The van der Waals surface area contributed by atoms with Gasteiger partial charge in [-0.3, -0.25) is 9.88 Å². The van der Waals surface area contributed by atoms with Crippen molar-refractivity contribution >= 4 is 29.6 Å². The number of fused-ring (bicyclic) bond motifs is 2. The summed E-state index contributed by atoms with van der Waals surface area (Å²) in [6.07, 6.45) is 6.34. The first-order chi connectivity index (χ1) is 18.0. The molecule has 1 aromatic carbocycles. The Bertz CT molecular complexity index is 1450. The molecule has 3 aromatic rings. The molecule has 1 fully saturated rings. The minimum atomic E-state index is -0.466. The Labute approximate surface area is 213 Å². The molecule has 4 aliphatic rings. The number of amides is 2. The lowest BCUT2D eigenvalue weighted by Gasteiger charge is -2.34. The number of benzene rings is 1. The third-order valence-electron chi connectivity index (χ3n) is 7.41. The molecule has 2 amide bonds.